The van der Waals surface area contributed by atoms with Gasteiger partial charge in [-0.3, -0.25) is 0 Å². The largest absolute Gasteiger partial charge is 0.465 e. The van der Waals surface area contributed by atoms with Crippen LogP contribution in [-0.4, -0.2) is 24.3 Å². The van der Waals surface area contributed by atoms with Gasteiger partial charge in [0.2, 0.25) is 0 Å². The Kier molecular flexibility index (Phi) is 4.58. The second kappa shape index (κ2) is 6.04. The van der Waals surface area contributed by atoms with Gasteiger partial charge in [0.05, 0.1) is 5.69 Å². The fourth-order valence-corrected chi connectivity index (χ4v) is 3.12. The van der Waals surface area contributed by atoms with Gasteiger partial charge >= 0.3 is 6.09 Å². The number of piperidine rings is 1. The van der Waals surface area contributed by atoms with E-state index in [1.807, 2.05) is 12.1 Å². The zero-order valence-electron chi connectivity index (χ0n) is 11.9. The molecule has 0 spiro atoms. The lowest BCUT2D eigenvalue weighted by Crippen LogP contribution is -2.37. The van der Waals surface area contributed by atoms with Gasteiger partial charge in [-0.1, -0.05) is 19.9 Å². The number of carboxylic acid groups (broad SMARTS) is 1. The molecule has 1 aliphatic heterocycles. The summed E-state index contributed by atoms with van der Waals surface area (Å²) >= 11 is 3.60. The van der Waals surface area contributed by atoms with Crippen molar-refractivity contribution in [2.24, 2.45) is 5.41 Å². The van der Waals surface area contributed by atoms with Crippen LogP contribution in [0.1, 0.15) is 32.3 Å². The van der Waals surface area contributed by atoms with Crippen molar-refractivity contribution in [1.82, 2.24) is 5.32 Å². The summed E-state index contributed by atoms with van der Waals surface area (Å²) in [7, 11) is 0. The molecule has 0 aromatic heterocycles. The molecule has 0 radical (unpaired) electrons. The predicted octanol–water partition coefficient (Wildman–Crippen LogP) is 3.84. The molecule has 1 aromatic carbocycles. The van der Waals surface area contributed by atoms with Crippen molar-refractivity contribution >= 4 is 27.7 Å². The number of hydrogen-bond acceptors (Lipinski definition) is 2. The molecule has 0 atom stereocenters. The zero-order chi connectivity index (χ0) is 14.8. The molecule has 5 heteroatoms. The molecule has 1 heterocycles. The Morgan fingerprint density at radius 2 is 2.05 bits per heavy atom. The first-order chi connectivity index (χ1) is 9.37. The van der Waals surface area contributed by atoms with Gasteiger partial charge in [0.25, 0.3) is 0 Å². The smallest absolute Gasteiger partial charge is 0.404 e. The topological polar surface area (TPSA) is 52.6 Å². The average molecular weight is 341 g/mol. The van der Waals surface area contributed by atoms with Crippen LogP contribution in [0.5, 0.6) is 0 Å². The molecule has 20 heavy (non-hydrogen) atoms. The summed E-state index contributed by atoms with van der Waals surface area (Å²) in [6.45, 7) is 7.11. The van der Waals surface area contributed by atoms with E-state index in [1.165, 1.54) is 18.5 Å². The lowest BCUT2D eigenvalue weighted by atomic mass is 9.82. The molecule has 1 amide bonds. The molecule has 2 N–H and O–H groups in total. The monoisotopic (exact) mass is 340 g/mol. The highest BCUT2D eigenvalue weighted by molar-refractivity contribution is 9.10. The third-order valence-electron chi connectivity index (χ3n) is 3.91. The Balaban J connectivity index is 2.04. The quantitative estimate of drug-likeness (QED) is 0.878. The lowest BCUT2D eigenvalue weighted by Gasteiger charge is -2.38. The van der Waals surface area contributed by atoms with E-state index in [0.717, 1.165) is 23.1 Å². The van der Waals surface area contributed by atoms with E-state index in [2.05, 4.69) is 46.1 Å². The van der Waals surface area contributed by atoms with Crippen LogP contribution in [0.15, 0.2) is 22.7 Å². The molecule has 1 saturated heterocycles. The second-order valence-electron chi connectivity index (χ2n) is 6.10. The number of hydrogen-bond donors (Lipinski definition) is 2. The molecular formula is C15H21BrN2O2. The molecule has 1 fully saturated rings. The summed E-state index contributed by atoms with van der Waals surface area (Å²) in [5.74, 6) is 0. The summed E-state index contributed by atoms with van der Waals surface area (Å²) < 4.78 is 1.03. The number of nitrogens with zero attached hydrogens (tertiary/aromatic N) is 1. The first-order valence-electron chi connectivity index (χ1n) is 6.88. The molecular weight excluding hydrogens is 320 g/mol. The van der Waals surface area contributed by atoms with Crippen molar-refractivity contribution in [1.29, 1.82) is 0 Å². The van der Waals surface area contributed by atoms with E-state index in [0.29, 0.717) is 12.0 Å². The minimum absolute atomic E-state index is 0.335. The number of rotatable bonds is 3. The number of halogens is 1. The minimum atomic E-state index is -0.997. The first kappa shape index (κ1) is 15.2. The van der Waals surface area contributed by atoms with E-state index in [1.54, 1.807) is 0 Å². The van der Waals surface area contributed by atoms with E-state index < -0.39 is 6.09 Å². The van der Waals surface area contributed by atoms with E-state index in [-0.39, 0.29) is 0 Å². The maximum absolute atomic E-state index is 10.5. The molecule has 0 bridgehead atoms. The molecule has 0 saturated carbocycles. The molecule has 1 aliphatic rings. The van der Waals surface area contributed by atoms with E-state index in [4.69, 9.17) is 5.11 Å². The minimum Gasteiger partial charge on any atom is -0.465 e. The van der Waals surface area contributed by atoms with Gasteiger partial charge in [0.1, 0.15) is 0 Å². The number of nitrogens with one attached hydrogen (secondary N) is 1. The van der Waals surface area contributed by atoms with Crippen molar-refractivity contribution in [3.8, 4) is 0 Å². The Labute approximate surface area is 128 Å². The van der Waals surface area contributed by atoms with Crippen molar-refractivity contribution in [3.05, 3.63) is 28.2 Å². The van der Waals surface area contributed by atoms with Crippen molar-refractivity contribution in [3.63, 3.8) is 0 Å². The highest BCUT2D eigenvalue weighted by atomic mass is 79.9. The van der Waals surface area contributed by atoms with Crippen molar-refractivity contribution in [2.45, 2.75) is 33.2 Å². The van der Waals surface area contributed by atoms with Gasteiger partial charge in [0, 0.05) is 24.1 Å². The van der Waals surface area contributed by atoms with Crippen LogP contribution in [0.2, 0.25) is 0 Å². The van der Waals surface area contributed by atoms with Crippen molar-refractivity contribution < 1.29 is 9.90 Å². The Bertz CT molecular complexity index is 493. The fourth-order valence-electron chi connectivity index (χ4n) is 2.45. The third-order valence-corrected chi connectivity index (χ3v) is 4.55. The van der Waals surface area contributed by atoms with Crippen LogP contribution in [0.25, 0.3) is 0 Å². The van der Waals surface area contributed by atoms with Gasteiger partial charge in [0.15, 0.2) is 0 Å². The van der Waals surface area contributed by atoms with Gasteiger partial charge < -0.3 is 15.3 Å². The Morgan fingerprint density at radius 1 is 1.40 bits per heavy atom. The van der Waals surface area contributed by atoms with Gasteiger partial charge in [-0.15, -0.1) is 0 Å². The highest BCUT2D eigenvalue weighted by Crippen LogP contribution is 2.35. The molecule has 0 unspecified atom stereocenters. The molecule has 2 rings (SSSR count). The average Bonchev–Trinajstić information content (AvgIpc) is 2.37. The molecule has 4 nitrogen and oxygen atoms in total. The number of anilines is 1. The summed E-state index contributed by atoms with van der Waals surface area (Å²) in [5.41, 5.74) is 2.59. The summed E-state index contributed by atoms with van der Waals surface area (Å²) in [6, 6.07) is 6.04. The van der Waals surface area contributed by atoms with Crippen molar-refractivity contribution in [2.75, 3.05) is 18.0 Å². The van der Waals surface area contributed by atoms with Crippen LogP contribution >= 0.6 is 15.9 Å². The SMILES string of the molecule is CC1(C)CCN(c2ccc(CNC(=O)O)cc2Br)CC1. The van der Waals surface area contributed by atoms with Gasteiger partial charge in [-0.05, 0) is 51.9 Å². The maximum Gasteiger partial charge on any atom is 0.404 e. The Morgan fingerprint density at radius 3 is 2.60 bits per heavy atom. The van der Waals surface area contributed by atoms with Crippen LogP contribution < -0.4 is 10.2 Å². The third kappa shape index (κ3) is 3.88. The zero-order valence-corrected chi connectivity index (χ0v) is 13.5. The maximum atomic E-state index is 10.5. The number of benzene rings is 1. The Hall–Kier alpha value is -1.23. The molecule has 0 aliphatic carbocycles. The van der Waals surface area contributed by atoms with Crippen LogP contribution in [-0.2, 0) is 6.54 Å². The summed E-state index contributed by atoms with van der Waals surface area (Å²) in [4.78, 5) is 12.9. The van der Waals surface area contributed by atoms with Gasteiger partial charge in [-0.25, -0.2) is 4.79 Å². The number of carbonyl (C=O) groups is 1. The van der Waals surface area contributed by atoms with E-state index in [9.17, 15) is 4.79 Å². The fraction of sp³-hybridized carbons (Fsp3) is 0.533. The normalized spacial score (nSPS) is 17.9. The lowest BCUT2D eigenvalue weighted by molar-refractivity contribution is 0.194. The standard InChI is InChI=1S/C15H21BrN2O2/c1-15(2)5-7-18(8-6-15)13-4-3-11(9-12(13)16)10-17-14(19)20/h3-4,9,17H,5-8,10H2,1-2H3,(H,19,20). The number of amides is 1. The van der Waals surface area contributed by atoms with Crippen LogP contribution in [0, 0.1) is 5.41 Å². The first-order valence-corrected chi connectivity index (χ1v) is 7.67. The predicted molar refractivity (Wildman–Crippen MR) is 84.2 cm³/mol. The highest BCUT2D eigenvalue weighted by Gasteiger charge is 2.26. The second-order valence-corrected chi connectivity index (χ2v) is 6.95. The summed E-state index contributed by atoms with van der Waals surface area (Å²) in [5, 5.41) is 11.0. The van der Waals surface area contributed by atoms with E-state index >= 15 is 0 Å². The van der Waals surface area contributed by atoms with Crippen LogP contribution in [0.3, 0.4) is 0 Å². The van der Waals surface area contributed by atoms with Gasteiger partial charge in [-0.2, -0.15) is 0 Å². The summed E-state index contributed by atoms with van der Waals surface area (Å²) in [6.07, 6.45) is 1.40. The molecule has 110 valence electrons. The van der Waals surface area contributed by atoms with Crippen LogP contribution in [0.4, 0.5) is 10.5 Å². The molecule has 1 aromatic rings.